The van der Waals surface area contributed by atoms with Crippen LogP contribution in [0.2, 0.25) is 0 Å². The van der Waals surface area contributed by atoms with Crippen LogP contribution in [-0.4, -0.2) is 10.7 Å². The molecule has 0 saturated heterocycles. The summed E-state index contributed by atoms with van der Waals surface area (Å²) in [4.78, 5) is 4.30. The third kappa shape index (κ3) is 4.09. The van der Waals surface area contributed by atoms with Crippen LogP contribution in [0.25, 0.3) is 0 Å². The van der Waals surface area contributed by atoms with Gasteiger partial charge in [0.2, 0.25) is 0 Å². The fourth-order valence-electron chi connectivity index (χ4n) is 1.93. The molecule has 0 aliphatic carbocycles. The molecule has 2 N–H and O–H groups in total. The smallest absolute Gasteiger partial charge is 0.0960 e. The van der Waals surface area contributed by atoms with Gasteiger partial charge in [0.1, 0.15) is 0 Å². The molecule has 0 spiro atoms. The van der Waals surface area contributed by atoms with Crippen molar-refractivity contribution in [1.82, 2.24) is 4.98 Å². The number of pyridine rings is 1. The molecule has 1 aromatic heterocycles. The molecule has 20 heavy (non-hydrogen) atoms. The van der Waals surface area contributed by atoms with Gasteiger partial charge in [-0.1, -0.05) is 51.1 Å². The van der Waals surface area contributed by atoms with Gasteiger partial charge in [-0.25, -0.2) is 4.98 Å². The maximum Gasteiger partial charge on any atom is 0.0960 e. The van der Waals surface area contributed by atoms with Crippen LogP contribution >= 0.6 is 11.8 Å². The first-order valence-electron chi connectivity index (χ1n) is 6.86. The molecule has 2 nitrogen and oxygen atoms in total. The summed E-state index contributed by atoms with van der Waals surface area (Å²) in [5.74, 6) is 0.839. The highest BCUT2D eigenvalue weighted by Crippen LogP contribution is 2.25. The summed E-state index contributed by atoms with van der Waals surface area (Å²) >= 11 is 1.70. The van der Waals surface area contributed by atoms with E-state index in [0.29, 0.717) is 0 Å². The number of thioether (sulfide) groups is 1. The van der Waals surface area contributed by atoms with Gasteiger partial charge in [-0.2, -0.15) is 0 Å². The van der Waals surface area contributed by atoms with Crippen molar-refractivity contribution in [3.63, 3.8) is 0 Å². The Balaban J connectivity index is 1.97. The van der Waals surface area contributed by atoms with Gasteiger partial charge < -0.3 is 5.73 Å². The van der Waals surface area contributed by atoms with Crippen LogP contribution in [0, 0.1) is 0 Å². The van der Waals surface area contributed by atoms with Crippen molar-refractivity contribution in [1.29, 1.82) is 0 Å². The Bertz CT molecular complexity index is 529. The summed E-state index contributed by atoms with van der Waals surface area (Å²) in [7, 11) is 0. The number of hydrogen-bond donors (Lipinski definition) is 1. The molecule has 0 aliphatic rings. The summed E-state index contributed by atoms with van der Waals surface area (Å²) in [6, 6.07) is 14.6. The van der Waals surface area contributed by atoms with Crippen molar-refractivity contribution < 1.29 is 0 Å². The second kappa shape index (κ2) is 6.42. The fourth-order valence-corrected chi connectivity index (χ4v) is 2.79. The van der Waals surface area contributed by atoms with Crippen LogP contribution in [0.4, 0.5) is 0 Å². The average molecular weight is 286 g/mol. The van der Waals surface area contributed by atoms with E-state index < -0.39 is 0 Å². The molecule has 0 saturated carbocycles. The molecule has 0 fully saturated rings. The van der Waals surface area contributed by atoms with Gasteiger partial charge in [-0.3, -0.25) is 0 Å². The quantitative estimate of drug-likeness (QED) is 0.857. The van der Waals surface area contributed by atoms with Crippen LogP contribution in [0.3, 0.4) is 0 Å². The van der Waals surface area contributed by atoms with Crippen molar-refractivity contribution >= 4 is 11.8 Å². The van der Waals surface area contributed by atoms with Gasteiger partial charge >= 0.3 is 0 Å². The Hall–Kier alpha value is -1.32. The van der Waals surface area contributed by atoms with Crippen molar-refractivity contribution in [3.8, 4) is 0 Å². The molecule has 3 heteroatoms. The van der Waals surface area contributed by atoms with E-state index in [1.54, 1.807) is 11.8 Å². The third-order valence-electron chi connectivity index (χ3n) is 3.25. The molecule has 2 rings (SSSR count). The van der Waals surface area contributed by atoms with Crippen molar-refractivity contribution in [2.45, 2.75) is 37.3 Å². The van der Waals surface area contributed by atoms with Crippen LogP contribution in [-0.2, 0) is 5.41 Å². The standard InChI is InChI=1S/C17H22N2S/c1-17(2,3)14-9-7-13(8-10-14)15(18)12-20-16-6-4-5-11-19-16/h4-11,15H,12,18H2,1-3H3. The Labute approximate surface area is 125 Å². The first-order chi connectivity index (χ1) is 9.47. The summed E-state index contributed by atoms with van der Waals surface area (Å²) in [6.07, 6.45) is 1.81. The monoisotopic (exact) mass is 286 g/mol. The number of aromatic nitrogens is 1. The fraction of sp³-hybridized carbons (Fsp3) is 0.353. The zero-order valence-corrected chi connectivity index (χ0v) is 13.2. The summed E-state index contributed by atoms with van der Waals surface area (Å²) in [6.45, 7) is 6.66. The van der Waals surface area contributed by atoms with Crippen molar-refractivity contribution in [2.24, 2.45) is 5.73 Å². The number of rotatable bonds is 4. The van der Waals surface area contributed by atoms with E-state index in [2.05, 4.69) is 50.0 Å². The zero-order chi connectivity index (χ0) is 14.6. The molecule has 1 atom stereocenters. The normalized spacial score (nSPS) is 13.2. The highest BCUT2D eigenvalue weighted by molar-refractivity contribution is 7.99. The van der Waals surface area contributed by atoms with Crippen LogP contribution in [0.1, 0.15) is 37.9 Å². The second-order valence-corrected chi connectivity index (χ2v) is 7.00. The molecular weight excluding hydrogens is 264 g/mol. The minimum Gasteiger partial charge on any atom is -0.323 e. The molecule has 2 aromatic rings. The molecule has 1 aromatic carbocycles. The molecule has 1 heterocycles. The van der Waals surface area contributed by atoms with Crippen LogP contribution in [0.5, 0.6) is 0 Å². The van der Waals surface area contributed by atoms with Crippen LogP contribution in [0.15, 0.2) is 53.7 Å². The minimum absolute atomic E-state index is 0.0380. The maximum absolute atomic E-state index is 6.25. The average Bonchev–Trinajstić information content (AvgIpc) is 2.45. The first-order valence-corrected chi connectivity index (χ1v) is 7.85. The van der Waals surface area contributed by atoms with E-state index in [0.717, 1.165) is 10.8 Å². The van der Waals surface area contributed by atoms with Crippen LogP contribution < -0.4 is 5.73 Å². The molecule has 1 unspecified atom stereocenters. The number of benzene rings is 1. The van der Waals surface area contributed by atoms with Gasteiger partial charge in [-0.05, 0) is 28.7 Å². The van der Waals surface area contributed by atoms with Crippen molar-refractivity contribution in [2.75, 3.05) is 5.75 Å². The minimum atomic E-state index is 0.0380. The van der Waals surface area contributed by atoms with E-state index in [9.17, 15) is 0 Å². The Morgan fingerprint density at radius 3 is 2.35 bits per heavy atom. The summed E-state index contributed by atoms with van der Waals surface area (Å²) in [5.41, 5.74) is 8.96. The Morgan fingerprint density at radius 2 is 1.80 bits per heavy atom. The lowest BCUT2D eigenvalue weighted by molar-refractivity contribution is 0.589. The zero-order valence-electron chi connectivity index (χ0n) is 12.3. The first kappa shape index (κ1) is 15.1. The number of nitrogens with zero attached hydrogens (tertiary/aromatic N) is 1. The SMILES string of the molecule is CC(C)(C)c1ccc(C(N)CSc2ccccn2)cc1. The third-order valence-corrected chi connectivity index (χ3v) is 4.32. The summed E-state index contributed by atoms with van der Waals surface area (Å²) in [5, 5.41) is 1.02. The van der Waals surface area contributed by atoms with Crippen molar-refractivity contribution in [3.05, 3.63) is 59.8 Å². The number of hydrogen-bond acceptors (Lipinski definition) is 3. The molecule has 0 aliphatic heterocycles. The largest absolute Gasteiger partial charge is 0.323 e. The Morgan fingerprint density at radius 1 is 1.10 bits per heavy atom. The lowest BCUT2D eigenvalue weighted by atomic mass is 9.86. The predicted molar refractivity (Wildman–Crippen MR) is 87.0 cm³/mol. The predicted octanol–water partition coefficient (Wildman–Crippen LogP) is 4.17. The van der Waals surface area contributed by atoms with Gasteiger partial charge in [0, 0.05) is 18.0 Å². The van der Waals surface area contributed by atoms with Gasteiger partial charge in [0.15, 0.2) is 0 Å². The molecule has 0 bridgehead atoms. The lowest BCUT2D eigenvalue weighted by Gasteiger charge is -2.20. The molecule has 106 valence electrons. The van der Waals surface area contributed by atoms with E-state index in [4.69, 9.17) is 5.73 Å². The highest BCUT2D eigenvalue weighted by atomic mass is 32.2. The summed E-state index contributed by atoms with van der Waals surface area (Å²) < 4.78 is 0. The van der Waals surface area contributed by atoms with Gasteiger partial charge in [0.25, 0.3) is 0 Å². The number of nitrogens with two attached hydrogens (primary N) is 1. The van der Waals surface area contributed by atoms with E-state index >= 15 is 0 Å². The molecular formula is C17H22N2S. The second-order valence-electron chi connectivity index (χ2n) is 5.96. The van der Waals surface area contributed by atoms with Gasteiger partial charge in [-0.15, -0.1) is 11.8 Å². The highest BCUT2D eigenvalue weighted by Gasteiger charge is 2.14. The van der Waals surface area contributed by atoms with Gasteiger partial charge in [0.05, 0.1) is 5.03 Å². The van der Waals surface area contributed by atoms with E-state index in [1.165, 1.54) is 11.1 Å². The van der Waals surface area contributed by atoms with E-state index in [1.807, 2.05) is 24.4 Å². The molecule has 0 amide bonds. The molecule has 0 radical (unpaired) electrons. The lowest BCUT2D eigenvalue weighted by Crippen LogP contribution is -2.15. The Kier molecular flexibility index (Phi) is 4.84. The maximum atomic E-state index is 6.25. The van der Waals surface area contributed by atoms with E-state index in [-0.39, 0.29) is 11.5 Å². The topological polar surface area (TPSA) is 38.9 Å².